The van der Waals surface area contributed by atoms with Gasteiger partial charge in [0.15, 0.2) is 0 Å². The van der Waals surface area contributed by atoms with Crippen LogP contribution in [0.2, 0.25) is 0 Å². The third-order valence-electron chi connectivity index (χ3n) is 3.39. The Bertz CT molecular complexity index is 525. The van der Waals surface area contributed by atoms with Crippen molar-refractivity contribution in [2.75, 3.05) is 13.1 Å². The highest BCUT2D eigenvalue weighted by atomic mass is 16.2. The van der Waals surface area contributed by atoms with Crippen LogP contribution in [0.1, 0.15) is 18.9 Å². The lowest BCUT2D eigenvalue weighted by Crippen LogP contribution is -2.49. The minimum atomic E-state index is -0.677. The third-order valence-corrected chi connectivity index (χ3v) is 3.39. The van der Waals surface area contributed by atoms with Crippen molar-refractivity contribution in [1.29, 1.82) is 0 Å². The number of nitrogens with two attached hydrogens (primary N) is 1. The van der Waals surface area contributed by atoms with E-state index >= 15 is 0 Å². The molecule has 0 aromatic heterocycles. The first-order chi connectivity index (χ1) is 9.58. The second kappa shape index (κ2) is 6.23. The Kier molecular flexibility index (Phi) is 4.40. The van der Waals surface area contributed by atoms with E-state index in [-0.39, 0.29) is 5.91 Å². The maximum absolute atomic E-state index is 12.1. The molecule has 0 saturated heterocycles. The summed E-state index contributed by atoms with van der Waals surface area (Å²) in [6.07, 6.45) is 2.88. The van der Waals surface area contributed by atoms with Gasteiger partial charge in [-0.3, -0.25) is 4.79 Å². The Morgan fingerprint density at radius 2 is 2.00 bits per heavy atom. The molecule has 0 bridgehead atoms. The van der Waals surface area contributed by atoms with Crippen LogP contribution in [-0.2, 0) is 4.79 Å². The molecule has 0 radical (unpaired) electrons. The third kappa shape index (κ3) is 3.38. The molecular weight excluding hydrogens is 254 g/mol. The number of benzene rings is 1. The number of primary amides is 1. The molecule has 3 amide bonds. The highest BCUT2D eigenvalue weighted by Crippen LogP contribution is 2.22. The summed E-state index contributed by atoms with van der Waals surface area (Å²) in [4.78, 5) is 24.6. The van der Waals surface area contributed by atoms with E-state index in [1.165, 1.54) is 11.1 Å². The van der Waals surface area contributed by atoms with Gasteiger partial charge in [0.05, 0.1) is 0 Å². The zero-order chi connectivity index (χ0) is 14.5. The summed E-state index contributed by atoms with van der Waals surface area (Å²) in [5.74, 6) is -0.104. The van der Waals surface area contributed by atoms with Gasteiger partial charge in [-0.2, -0.15) is 0 Å². The number of carbonyl (C=O) groups excluding carboxylic acids is 2. The Morgan fingerprint density at radius 3 is 2.55 bits per heavy atom. The summed E-state index contributed by atoms with van der Waals surface area (Å²) in [6.45, 7) is 2.86. The second-order valence-corrected chi connectivity index (χ2v) is 4.86. The van der Waals surface area contributed by atoms with Crippen LogP contribution in [0.15, 0.2) is 36.4 Å². The van der Waals surface area contributed by atoms with E-state index in [1.54, 1.807) is 11.8 Å². The van der Waals surface area contributed by atoms with Crippen molar-refractivity contribution >= 4 is 17.5 Å². The highest BCUT2D eigenvalue weighted by Gasteiger charge is 2.23. The first-order valence-electron chi connectivity index (χ1n) is 6.67. The summed E-state index contributed by atoms with van der Waals surface area (Å²) in [5.41, 5.74) is 7.48. The lowest BCUT2D eigenvalue weighted by atomic mass is 9.99. The van der Waals surface area contributed by atoms with Crippen LogP contribution in [0, 0.1) is 0 Å². The average molecular weight is 273 g/mol. The monoisotopic (exact) mass is 273 g/mol. The van der Waals surface area contributed by atoms with Crippen LogP contribution in [0.5, 0.6) is 0 Å². The number of amides is 3. The highest BCUT2D eigenvalue weighted by molar-refractivity contribution is 5.87. The van der Waals surface area contributed by atoms with Crippen LogP contribution in [0.25, 0.3) is 5.57 Å². The van der Waals surface area contributed by atoms with Crippen LogP contribution in [0.4, 0.5) is 4.79 Å². The Morgan fingerprint density at radius 1 is 1.30 bits per heavy atom. The van der Waals surface area contributed by atoms with Crippen molar-refractivity contribution in [3.8, 4) is 0 Å². The first-order valence-corrected chi connectivity index (χ1v) is 6.67. The molecule has 1 atom stereocenters. The van der Waals surface area contributed by atoms with E-state index in [4.69, 9.17) is 5.73 Å². The number of hydrogen-bond acceptors (Lipinski definition) is 2. The molecule has 5 heteroatoms. The van der Waals surface area contributed by atoms with Crippen LogP contribution >= 0.6 is 0 Å². The molecule has 20 heavy (non-hydrogen) atoms. The molecule has 1 aliphatic rings. The Hall–Kier alpha value is -2.30. The molecule has 3 N–H and O–H groups in total. The fraction of sp³-hybridized carbons (Fsp3) is 0.333. The van der Waals surface area contributed by atoms with Crippen molar-refractivity contribution < 1.29 is 9.59 Å². The lowest BCUT2D eigenvalue weighted by Gasteiger charge is -2.29. The summed E-state index contributed by atoms with van der Waals surface area (Å²) in [7, 11) is 0. The van der Waals surface area contributed by atoms with Gasteiger partial charge in [0, 0.05) is 13.1 Å². The maximum atomic E-state index is 12.1. The summed E-state index contributed by atoms with van der Waals surface area (Å²) in [6, 6.07) is 8.88. The fourth-order valence-electron chi connectivity index (χ4n) is 2.33. The molecule has 0 aliphatic carbocycles. The van der Waals surface area contributed by atoms with Crippen LogP contribution in [0.3, 0.4) is 0 Å². The predicted octanol–water partition coefficient (Wildman–Crippen LogP) is 1.36. The zero-order valence-corrected chi connectivity index (χ0v) is 11.5. The number of rotatable bonds is 3. The van der Waals surface area contributed by atoms with Gasteiger partial charge in [0.1, 0.15) is 6.04 Å². The minimum absolute atomic E-state index is 0.104. The lowest BCUT2D eigenvalue weighted by molar-refractivity contribution is -0.132. The van der Waals surface area contributed by atoms with E-state index in [0.29, 0.717) is 13.1 Å². The maximum Gasteiger partial charge on any atom is 0.312 e. The van der Waals surface area contributed by atoms with E-state index in [2.05, 4.69) is 23.5 Å². The number of urea groups is 1. The number of nitrogens with one attached hydrogen (secondary N) is 1. The Labute approximate surface area is 118 Å². The normalized spacial score (nSPS) is 16.2. The molecule has 1 aromatic carbocycles. The van der Waals surface area contributed by atoms with Crippen molar-refractivity contribution in [3.05, 3.63) is 42.0 Å². The van der Waals surface area contributed by atoms with Crippen molar-refractivity contribution in [3.63, 3.8) is 0 Å². The topological polar surface area (TPSA) is 75.4 Å². The molecule has 1 heterocycles. The summed E-state index contributed by atoms with van der Waals surface area (Å²) >= 11 is 0. The van der Waals surface area contributed by atoms with Crippen LogP contribution in [-0.4, -0.2) is 36.0 Å². The molecule has 0 spiro atoms. The van der Waals surface area contributed by atoms with Gasteiger partial charge < -0.3 is 16.0 Å². The molecular formula is C15H19N3O2. The Balaban J connectivity index is 1.98. The molecule has 2 rings (SSSR count). The van der Waals surface area contributed by atoms with Gasteiger partial charge in [-0.15, -0.1) is 0 Å². The van der Waals surface area contributed by atoms with Gasteiger partial charge >= 0.3 is 6.03 Å². The molecule has 106 valence electrons. The quantitative estimate of drug-likeness (QED) is 0.872. The van der Waals surface area contributed by atoms with E-state index in [1.807, 2.05) is 18.2 Å². The molecule has 0 saturated carbocycles. The predicted molar refractivity (Wildman–Crippen MR) is 77.8 cm³/mol. The summed E-state index contributed by atoms with van der Waals surface area (Å²) in [5, 5.41) is 2.41. The first kappa shape index (κ1) is 14.1. The fourth-order valence-corrected chi connectivity index (χ4v) is 2.33. The van der Waals surface area contributed by atoms with E-state index < -0.39 is 12.1 Å². The van der Waals surface area contributed by atoms with Crippen molar-refractivity contribution in [2.24, 2.45) is 5.73 Å². The smallest absolute Gasteiger partial charge is 0.312 e. The second-order valence-electron chi connectivity index (χ2n) is 4.86. The molecule has 1 aliphatic heterocycles. The van der Waals surface area contributed by atoms with Gasteiger partial charge in [-0.25, -0.2) is 4.79 Å². The largest absolute Gasteiger partial charge is 0.352 e. The molecule has 0 fully saturated rings. The number of nitrogens with zero attached hydrogens (tertiary/aromatic N) is 1. The average Bonchev–Trinajstić information content (AvgIpc) is 2.47. The molecule has 1 unspecified atom stereocenters. The zero-order valence-electron chi connectivity index (χ0n) is 11.5. The number of carbonyl (C=O) groups is 2. The minimum Gasteiger partial charge on any atom is -0.352 e. The standard InChI is InChI=1S/C15H19N3O2/c1-11(17-15(16)20)14(19)18-9-7-13(8-10-18)12-5-3-2-4-6-12/h2-7,11H,8-10H2,1H3,(H3,16,17,20). The molecule has 5 nitrogen and oxygen atoms in total. The SMILES string of the molecule is CC(NC(N)=O)C(=O)N1CC=C(c2ccccc2)CC1. The van der Waals surface area contributed by atoms with E-state index in [0.717, 1.165) is 6.42 Å². The summed E-state index contributed by atoms with van der Waals surface area (Å²) < 4.78 is 0. The van der Waals surface area contributed by atoms with Gasteiger partial charge in [0.2, 0.25) is 5.91 Å². The van der Waals surface area contributed by atoms with E-state index in [9.17, 15) is 9.59 Å². The van der Waals surface area contributed by atoms with Crippen LogP contribution < -0.4 is 11.1 Å². The van der Waals surface area contributed by atoms with Gasteiger partial charge in [-0.1, -0.05) is 36.4 Å². The molecule has 1 aromatic rings. The van der Waals surface area contributed by atoms with Gasteiger partial charge in [0.25, 0.3) is 0 Å². The van der Waals surface area contributed by atoms with Gasteiger partial charge in [-0.05, 0) is 24.5 Å². The van der Waals surface area contributed by atoms with Crippen molar-refractivity contribution in [2.45, 2.75) is 19.4 Å². The number of hydrogen-bond donors (Lipinski definition) is 2. The van der Waals surface area contributed by atoms with Crippen molar-refractivity contribution in [1.82, 2.24) is 10.2 Å².